The Hall–Kier alpha value is -6.68. The van der Waals surface area contributed by atoms with E-state index in [0.717, 1.165) is 22.7 Å². The Morgan fingerprint density at radius 2 is 1.02 bits per heavy atom. The number of para-hydroxylation sites is 1. The summed E-state index contributed by atoms with van der Waals surface area (Å²) >= 11 is 1.89. The summed E-state index contributed by atoms with van der Waals surface area (Å²) in [6.45, 7) is 0. The summed E-state index contributed by atoms with van der Waals surface area (Å²) in [7, 11) is 0. The third-order valence-corrected chi connectivity index (χ3v) is 11.9. The fourth-order valence-electron chi connectivity index (χ4n) is 8.33. The molecule has 0 saturated heterocycles. The van der Waals surface area contributed by atoms with Crippen LogP contribution in [0.2, 0.25) is 0 Å². The van der Waals surface area contributed by atoms with Gasteiger partial charge in [0, 0.05) is 48.4 Å². The Kier molecular flexibility index (Phi) is 6.76. The largest absolute Gasteiger partial charge is 0.309 e. The molecule has 0 atom stereocenters. The van der Waals surface area contributed by atoms with Gasteiger partial charge in [-0.15, -0.1) is 11.3 Å². The maximum atomic E-state index is 2.48. The van der Waals surface area contributed by atoms with E-state index in [1.54, 1.807) is 0 Å². The third kappa shape index (κ3) is 4.71. The molecular weight excluding hydrogens is 661 g/mol. The number of anilines is 3. The standard InChI is InChI=1S/C50H32N2S/c1-3-13-33(14-4-1)36-25-30-48-44(31-36)42-28-27-41-43-32-38(26-29-47(43)52(49(41)50(42)53-48)37-19-5-2-6-20-37)51(45-23-11-17-34-15-7-9-21-39(34)45)46-24-12-18-35-16-8-10-22-40(35)46/h1-32H. The molecule has 0 aliphatic carbocycles. The number of nitrogens with zero attached hydrogens (tertiary/aromatic N) is 2. The zero-order chi connectivity index (χ0) is 34.9. The van der Waals surface area contributed by atoms with E-state index in [2.05, 4.69) is 204 Å². The minimum atomic E-state index is 1.13. The van der Waals surface area contributed by atoms with Crippen LogP contribution in [0.25, 0.3) is 80.3 Å². The molecule has 0 fully saturated rings. The van der Waals surface area contributed by atoms with Gasteiger partial charge in [-0.1, -0.05) is 140 Å². The summed E-state index contributed by atoms with van der Waals surface area (Å²) in [5.74, 6) is 0. The monoisotopic (exact) mass is 692 g/mol. The van der Waals surface area contributed by atoms with Crippen LogP contribution in [0.3, 0.4) is 0 Å². The molecule has 0 bridgehead atoms. The van der Waals surface area contributed by atoms with E-state index < -0.39 is 0 Å². The van der Waals surface area contributed by atoms with Gasteiger partial charge in [-0.05, 0) is 76.5 Å². The molecule has 2 aromatic heterocycles. The first kappa shape index (κ1) is 30.0. The van der Waals surface area contributed by atoms with E-state index in [0.29, 0.717) is 0 Å². The minimum Gasteiger partial charge on any atom is -0.309 e. The summed E-state index contributed by atoms with van der Waals surface area (Å²) in [5, 5.41) is 9.97. The van der Waals surface area contributed by atoms with Crippen molar-refractivity contribution >= 4 is 91.9 Å². The Morgan fingerprint density at radius 1 is 0.396 bits per heavy atom. The molecule has 9 aromatic carbocycles. The van der Waals surface area contributed by atoms with E-state index in [1.165, 1.54) is 74.6 Å². The van der Waals surface area contributed by atoms with Gasteiger partial charge in [0.15, 0.2) is 0 Å². The first-order valence-electron chi connectivity index (χ1n) is 18.1. The SMILES string of the molecule is c1ccc(-c2ccc3sc4c(ccc5c6cc(N(c7cccc8ccccc78)c7cccc8ccccc78)ccc6n(-c6ccccc6)c54)c3c2)cc1. The van der Waals surface area contributed by atoms with Crippen molar-refractivity contribution in [2.24, 2.45) is 0 Å². The summed E-state index contributed by atoms with van der Waals surface area (Å²) in [4.78, 5) is 2.46. The highest BCUT2D eigenvalue weighted by atomic mass is 32.1. The maximum Gasteiger partial charge on any atom is 0.0719 e. The van der Waals surface area contributed by atoms with Crippen molar-refractivity contribution in [1.82, 2.24) is 4.57 Å². The predicted molar refractivity (Wildman–Crippen MR) is 229 cm³/mol. The van der Waals surface area contributed by atoms with Gasteiger partial charge in [-0.25, -0.2) is 0 Å². The average Bonchev–Trinajstić information content (AvgIpc) is 3.77. The average molecular weight is 693 g/mol. The van der Waals surface area contributed by atoms with E-state index in [1.807, 2.05) is 11.3 Å². The maximum absolute atomic E-state index is 2.48. The number of thiophene rings is 1. The molecule has 0 spiro atoms. The third-order valence-electron chi connectivity index (χ3n) is 10.7. The van der Waals surface area contributed by atoms with Crippen LogP contribution < -0.4 is 4.90 Å². The van der Waals surface area contributed by atoms with Gasteiger partial charge in [0.2, 0.25) is 0 Å². The minimum absolute atomic E-state index is 1.13. The number of hydrogen-bond donors (Lipinski definition) is 0. The molecule has 0 aliphatic rings. The number of aromatic nitrogens is 1. The van der Waals surface area contributed by atoms with E-state index in [4.69, 9.17) is 0 Å². The molecule has 248 valence electrons. The van der Waals surface area contributed by atoms with Gasteiger partial charge in [-0.2, -0.15) is 0 Å². The molecule has 0 aliphatic heterocycles. The van der Waals surface area contributed by atoms with Crippen LogP contribution in [0.5, 0.6) is 0 Å². The van der Waals surface area contributed by atoms with E-state index in [9.17, 15) is 0 Å². The fraction of sp³-hybridized carbons (Fsp3) is 0. The lowest BCUT2D eigenvalue weighted by atomic mass is 10.0. The van der Waals surface area contributed by atoms with Crippen molar-refractivity contribution in [3.05, 3.63) is 194 Å². The van der Waals surface area contributed by atoms with Crippen molar-refractivity contribution < 1.29 is 0 Å². The molecule has 0 N–H and O–H groups in total. The van der Waals surface area contributed by atoms with Crippen LogP contribution in [-0.2, 0) is 0 Å². The molecule has 2 heterocycles. The Morgan fingerprint density at radius 3 is 1.74 bits per heavy atom. The highest BCUT2D eigenvalue weighted by Crippen LogP contribution is 2.47. The lowest BCUT2D eigenvalue weighted by Crippen LogP contribution is -2.11. The lowest BCUT2D eigenvalue weighted by Gasteiger charge is -2.28. The van der Waals surface area contributed by atoms with Crippen LogP contribution in [0, 0.1) is 0 Å². The Bertz CT molecular complexity index is 3080. The molecule has 0 unspecified atom stereocenters. The highest BCUT2D eigenvalue weighted by Gasteiger charge is 2.22. The molecule has 0 amide bonds. The molecule has 0 saturated carbocycles. The summed E-state index contributed by atoms with van der Waals surface area (Å²) < 4.78 is 5.09. The summed E-state index contributed by atoms with van der Waals surface area (Å²) in [5.41, 5.74) is 9.54. The lowest BCUT2D eigenvalue weighted by molar-refractivity contribution is 1.19. The van der Waals surface area contributed by atoms with Gasteiger partial charge < -0.3 is 9.47 Å². The molecular formula is C50H32N2S. The van der Waals surface area contributed by atoms with Crippen LogP contribution in [-0.4, -0.2) is 4.57 Å². The number of rotatable bonds is 5. The first-order chi connectivity index (χ1) is 26.3. The molecule has 11 aromatic rings. The number of hydrogen-bond acceptors (Lipinski definition) is 2. The number of fused-ring (bicyclic) bond motifs is 9. The fourth-order valence-corrected chi connectivity index (χ4v) is 9.55. The Balaban J connectivity index is 1.21. The molecule has 2 nitrogen and oxygen atoms in total. The van der Waals surface area contributed by atoms with Crippen LogP contribution >= 0.6 is 11.3 Å². The molecule has 53 heavy (non-hydrogen) atoms. The summed E-state index contributed by atoms with van der Waals surface area (Å²) in [6, 6.07) is 70.9. The predicted octanol–water partition coefficient (Wildman–Crippen LogP) is 14.6. The molecule has 3 heteroatoms. The van der Waals surface area contributed by atoms with Crippen molar-refractivity contribution in [3.8, 4) is 16.8 Å². The van der Waals surface area contributed by atoms with Gasteiger partial charge in [0.25, 0.3) is 0 Å². The first-order valence-corrected chi connectivity index (χ1v) is 18.9. The van der Waals surface area contributed by atoms with E-state index in [-0.39, 0.29) is 0 Å². The van der Waals surface area contributed by atoms with Crippen LogP contribution in [0.1, 0.15) is 0 Å². The Labute approximate surface area is 311 Å². The topological polar surface area (TPSA) is 8.17 Å². The van der Waals surface area contributed by atoms with Gasteiger partial charge in [0.05, 0.1) is 27.1 Å². The second-order valence-corrected chi connectivity index (χ2v) is 14.8. The van der Waals surface area contributed by atoms with Crippen molar-refractivity contribution in [2.45, 2.75) is 0 Å². The zero-order valence-electron chi connectivity index (χ0n) is 28.8. The van der Waals surface area contributed by atoms with Gasteiger partial charge in [-0.3, -0.25) is 0 Å². The van der Waals surface area contributed by atoms with E-state index >= 15 is 0 Å². The second kappa shape index (κ2) is 11.9. The normalized spacial score (nSPS) is 11.8. The smallest absolute Gasteiger partial charge is 0.0719 e. The van der Waals surface area contributed by atoms with Crippen molar-refractivity contribution in [3.63, 3.8) is 0 Å². The second-order valence-electron chi connectivity index (χ2n) is 13.7. The van der Waals surface area contributed by atoms with Gasteiger partial charge >= 0.3 is 0 Å². The van der Waals surface area contributed by atoms with Crippen LogP contribution in [0.4, 0.5) is 17.1 Å². The quantitative estimate of drug-likeness (QED) is 0.174. The molecule has 11 rings (SSSR count). The van der Waals surface area contributed by atoms with Crippen molar-refractivity contribution in [1.29, 1.82) is 0 Å². The summed E-state index contributed by atoms with van der Waals surface area (Å²) in [6.07, 6.45) is 0. The highest BCUT2D eigenvalue weighted by molar-refractivity contribution is 7.26. The van der Waals surface area contributed by atoms with Gasteiger partial charge in [0.1, 0.15) is 0 Å². The van der Waals surface area contributed by atoms with Crippen molar-refractivity contribution in [2.75, 3.05) is 4.90 Å². The molecule has 0 radical (unpaired) electrons. The zero-order valence-corrected chi connectivity index (χ0v) is 29.6. The van der Waals surface area contributed by atoms with Crippen LogP contribution in [0.15, 0.2) is 194 Å². The number of benzene rings is 9.